The number of ether oxygens (including phenoxy) is 1. The first kappa shape index (κ1) is 17.0. The molecule has 7 heteroatoms. The standard InChI is InChI=1S/C18H25N5OS/c1-15-4-2-5-16(12-15)17-19-20-18-23(17)13-22(14-25-18)7-3-6-21-8-10-24-11-9-21/h2,4-5,12H,3,6-11,13-14H2,1H3. The van der Waals surface area contributed by atoms with Crippen LogP contribution in [0.1, 0.15) is 12.0 Å². The number of hydrogen-bond acceptors (Lipinski definition) is 6. The van der Waals surface area contributed by atoms with Gasteiger partial charge in [0.15, 0.2) is 11.0 Å². The quantitative estimate of drug-likeness (QED) is 0.816. The SMILES string of the molecule is Cc1cccc(-c2nnc3n2CN(CCCN2CCOCC2)CS3)c1. The maximum absolute atomic E-state index is 5.42. The molecule has 0 bridgehead atoms. The number of benzene rings is 1. The summed E-state index contributed by atoms with van der Waals surface area (Å²) in [5.74, 6) is 1.97. The smallest absolute Gasteiger partial charge is 0.193 e. The zero-order chi connectivity index (χ0) is 17.1. The Morgan fingerprint density at radius 3 is 2.80 bits per heavy atom. The van der Waals surface area contributed by atoms with E-state index in [0.29, 0.717) is 0 Å². The molecule has 2 aliphatic heterocycles. The second-order valence-corrected chi connectivity index (χ2v) is 7.63. The van der Waals surface area contributed by atoms with E-state index in [1.165, 1.54) is 12.0 Å². The van der Waals surface area contributed by atoms with Crippen LogP contribution in [0.3, 0.4) is 0 Å². The van der Waals surface area contributed by atoms with Gasteiger partial charge < -0.3 is 4.74 Å². The van der Waals surface area contributed by atoms with Crippen molar-refractivity contribution >= 4 is 11.8 Å². The van der Waals surface area contributed by atoms with E-state index in [9.17, 15) is 0 Å². The maximum atomic E-state index is 5.42. The molecular formula is C18H25N5OS. The van der Waals surface area contributed by atoms with Crippen molar-refractivity contribution in [3.63, 3.8) is 0 Å². The average molecular weight is 359 g/mol. The van der Waals surface area contributed by atoms with Crippen LogP contribution in [0.15, 0.2) is 29.4 Å². The van der Waals surface area contributed by atoms with Gasteiger partial charge in [-0.3, -0.25) is 14.4 Å². The molecule has 3 heterocycles. The molecule has 1 aromatic heterocycles. The number of aromatic nitrogens is 3. The highest BCUT2D eigenvalue weighted by molar-refractivity contribution is 7.99. The molecule has 0 amide bonds. The number of nitrogens with zero attached hydrogens (tertiary/aromatic N) is 5. The van der Waals surface area contributed by atoms with Gasteiger partial charge in [-0.15, -0.1) is 10.2 Å². The van der Waals surface area contributed by atoms with E-state index in [1.807, 2.05) is 0 Å². The Balaban J connectivity index is 1.38. The lowest BCUT2D eigenvalue weighted by Gasteiger charge is -2.30. The number of hydrogen-bond donors (Lipinski definition) is 0. The fourth-order valence-electron chi connectivity index (χ4n) is 3.39. The van der Waals surface area contributed by atoms with Crippen LogP contribution in [-0.4, -0.2) is 69.8 Å². The van der Waals surface area contributed by atoms with Crippen molar-refractivity contribution in [1.82, 2.24) is 24.6 Å². The third-order valence-corrected chi connectivity index (χ3v) is 5.82. The van der Waals surface area contributed by atoms with E-state index >= 15 is 0 Å². The third kappa shape index (κ3) is 4.06. The van der Waals surface area contributed by atoms with Crippen LogP contribution in [0, 0.1) is 6.92 Å². The molecule has 6 nitrogen and oxygen atoms in total. The van der Waals surface area contributed by atoms with Crippen LogP contribution in [-0.2, 0) is 11.4 Å². The first-order valence-corrected chi connectivity index (χ1v) is 9.94. The van der Waals surface area contributed by atoms with E-state index < -0.39 is 0 Å². The van der Waals surface area contributed by atoms with Gasteiger partial charge in [0, 0.05) is 25.2 Å². The van der Waals surface area contributed by atoms with Gasteiger partial charge in [0.05, 0.1) is 25.8 Å². The summed E-state index contributed by atoms with van der Waals surface area (Å²) in [5, 5.41) is 9.85. The Hall–Kier alpha value is -1.41. The molecule has 2 aliphatic rings. The van der Waals surface area contributed by atoms with Crippen LogP contribution >= 0.6 is 11.8 Å². The highest BCUT2D eigenvalue weighted by atomic mass is 32.2. The molecule has 1 saturated heterocycles. The van der Waals surface area contributed by atoms with E-state index in [0.717, 1.165) is 68.5 Å². The Morgan fingerprint density at radius 2 is 1.96 bits per heavy atom. The Kier molecular flexibility index (Phi) is 5.36. The summed E-state index contributed by atoms with van der Waals surface area (Å²) in [5.41, 5.74) is 2.40. The predicted molar refractivity (Wildman–Crippen MR) is 99.5 cm³/mol. The molecule has 0 N–H and O–H groups in total. The van der Waals surface area contributed by atoms with Crippen molar-refractivity contribution in [2.24, 2.45) is 0 Å². The maximum Gasteiger partial charge on any atom is 0.193 e. The van der Waals surface area contributed by atoms with Gasteiger partial charge in [-0.2, -0.15) is 0 Å². The minimum absolute atomic E-state index is 0.877. The summed E-state index contributed by atoms with van der Waals surface area (Å²) in [6.45, 7) is 9.15. The van der Waals surface area contributed by atoms with Crippen molar-refractivity contribution in [3.05, 3.63) is 29.8 Å². The molecule has 25 heavy (non-hydrogen) atoms. The molecule has 4 rings (SSSR count). The van der Waals surface area contributed by atoms with E-state index in [4.69, 9.17) is 4.74 Å². The van der Waals surface area contributed by atoms with Crippen LogP contribution < -0.4 is 0 Å². The van der Waals surface area contributed by atoms with Crippen LogP contribution in [0.2, 0.25) is 0 Å². The normalized spacial score (nSPS) is 19.1. The van der Waals surface area contributed by atoms with Crippen LogP contribution in [0.25, 0.3) is 11.4 Å². The molecular weight excluding hydrogens is 334 g/mol. The largest absolute Gasteiger partial charge is 0.379 e. The zero-order valence-corrected chi connectivity index (χ0v) is 15.5. The average Bonchev–Trinajstić information content (AvgIpc) is 3.06. The second kappa shape index (κ2) is 7.86. The minimum Gasteiger partial charge on any atom is -0.379 e. The number of thioether (sulfide) groups is 1. The number of fused-ring (bicyclic) bond motifs is 1. The predicted octanol–water partition coefficient (Wildman–Crippen LogP) is 2.30. The number of rotatable bonds is 5. The second-order valence-electron chi connectivity index (χ2n) is 6.72. The Morgan fingerprint density at radius 1 is 1.12 bits per heavy atom. The van der Waals surface area contributed by atoms with E-state index in [1.54, 1.807) is 11.8 Å². The van der Waals surface area contributed by atoms with Gasteiger partial charge in [-0.25, -0.2) is 0 Å². The molecule has 0 spiro atoms. The lowest BCUT2D eigenvalue weighted by molar-refractivity contribution is 0.0359. The van der Waals surface area contributed by atoms with E-state index in [-0.39, 0.29) is 0 Å². The molecule has 0 atom stereocenters. The zero-order valence-electron chi connectivity index (χ0n) is 14.7. The Bertz CT molecular complexity index is 713. The van der Waals surface area contributed by atoms with Gasteiger partial charge in [-0.1, -0.05) is 35.5 Å². The summed E-state index contributed by atoms with van der Waals surface area (Å²) in [4.78, 5) is 4.99. The summed E-state index contributed by atoms with van der Waals surface area (Å²) in [7, 11) is 0. The van der Waals surface area contributed by atoms with Crippen molar-refractivity contribution in [3.8, 4) is 11.4 Å². The van der Waals surface area contributed by atoms with Gasteiger partial charge in [0.1, 0.15) is 0 Å². The summed E-state index contributed by atoms with van der Waals surface area (Å²) < 4.78 is 7.66. The van der Waals surface area contributed by atoms with Crippen LogP contribution in [0.5, 0.6) is 0 Å². The molecule has 1 fully saturated rings. The highest BCUT2D eigenvalue weighted by Gasteiger charge is 2.22. The lowest BCUT2D eigenvalue weighted by Crippen LogP contribution is -2.38. The summed E-state index contributed by atoms with van der Waals surface area (Å²) >= 11 is 1.78. The van der Waals surface area contributed by atoms with Crippen LogP contribution in [0.4, 0.5) is 0 Å². The Labute approximate surface area is 153 Å². The first-order valence-electron chi connectivity index (χ1n) is 8.95. The summed E-state index contributed by atoms with van der Waals surface area (Å²) in [6, 6.07) is 8.50. The van der Waals surface area contributed by atoms with Crippen molar-refractivity contribution in [1.29, 1.82) is 0 Å². The lowest BCUT2D eigenvalue weighted by atomic mass is 10.1. The van der Waals surface area contributed by atoms with Gasteiger partial charge in [0.25, 0.3) is 0 Å². The molecule has 2 aromatic rings. The molecule has 0 unspecified atom stereocenters. The third-order valence-electron chi connectivity index (χ3n) is 4.76. The molecule has 1 aromatic carbocycles. The van der Waals surface area contributed by atoms with Gasteiger partial charge >= 0.3 is 0 Å². The topological polar surface area (TPSA) is 46.4 Å². The minimum atomic E-state index is 0.877. The van der Waals surface area contributed by atoms with Crippen molar-refractivity contribution < 1.29 is 4.74 Å². The monoisotopic (exact) mass is 359 g/mol. The molecule has 0 saturated carbocycles. The number of morpholine rings is 1. The first-order chi connectivity index (χ1) is 12.3. The highest BCUT2D eigenvalue weighted by Crippen LogP contribution is 2.29. The van der Waals surface area contributed by atoms with Gasteiger partial charge in [-0.05, 0) is 26.0 Å². The van der Waals surface area contributed by atoms with Crippen molar-refractivity contribution in [2.45, 2.75) is 25.2 Å². The van der Waals surface area contributed by atoms with Gasteiger partial charge in [0.2, 0.25) is 0 Å². The van der Waals surface area contributed by atoms with Crippen molar-refractivity contribution in [2.75, 3.05) is 45.3 Å². The fourth-order valence-corrected chi connectivity index (χ4v) is 4.30. The number of aryl methyl sites for hydroxylation is 1. The fraction of sp³-hybridized carbons (Fsp3) is 0.556. The van der Waals surface area contributed by atoms with E-state index in [2.05, 4.69) is 55.8 Å². The molecule has 0 aliphatic carbocycles. The molecule has 0 radical (unpaired) electrons. The summed E-state index contributed by atoms with van der Waals surface area (Å²) in [6.07, 6.45) is 1.19. The molecule has 134 valence electrons.